The van der Waals surface area contributed by atoms with Crippen molar-refractivity contribution in [3.8, 4) is 0 Å². The molecule has 2 aromatic carbocycles. The minimum absolute atomic E-state index is 0.319. The zero-order valence-corrected chi connectivity index (χ0v) is 14.6. The van der Waals surface area contributed by atoms with Crippen molar-refractivity contribution in [2.75, 3.05) is 20.8 Å². The molecule has 0 bridgehead atoms. The van der Waals surface area contributed by atoms with Crippen LogP contribution in [0.15, 0.2) is 40.9 Å². The summed E-state index contributed by atoms with van der Waals surface area (Å²) in [4.78, 5) is 24.4. The summed E-state index contributed by atoms with van der Waals surface area (Å²) in [5.74, 6) is -0.808. The van der Waals surface area contributed by atoms with E-state index in [0.29, 0.717) is 18.6 Å². The highest BCUT2D eigenvalue weighted by Gasteiger charge is 2.22. The zero-order chi connectivity index (χ0) is 16.8. The number of amides is 1. The van der Waals surface area contributed by atoms with Gasteiger partial charge in [0.15, 0.2) is 0 Å². The Morgan fingerprint density at radius 2 is 1.83 bits per heavy atom. The number of ether oxygens (including phenoxy) is 2. The summed E-state index contributed by atoms with van der Waals surface area (Å²) in [6.07, 6.45) is 0.351. The van der Waals surface area contributed by atoms with Gasteiger partial charge in [0.1, 0.15) is 6.04 Å². The summed E-state index contributed by atoms with van der Waals surface area (Å²) in [5, 5.41) is 4.47. The van der Waals surface area contributed by atoms with Gasteiger partial charge < -0.3 is 14.8 Å². The molecule has 1 amide bonds. The van der Waals surface area contributed by atoms with Gasteiger partial charge >= 0.3 is 5.97 Å². The first kappa shape index (κ1) is 17.4. The van der Waals surface area contributed by atoms with E-state index in [0.717, 1.165) is 15.2 Å². The topological polar surface area (TPSA) is 64.6 Å². The Kier molecular flexibility index (Phi) is 6.12. The Bertz CT molecular complexity index is 717. The second-order valence-corrected chi connectivity index (χ2v) is 5.83. The van der Waals surface area contributed by atoms with Crippen molar-refractivity contribution in [1.82, 2.24) is 5.32 Å². The molecule has 0 saturated carbocycles. The Morgan fingerprint density at radius 3 is 2.48 bits per heavy atom. The fourth-order valence-electron chi connectivity index (χ4n) is 2.32. The van der Waals surface area contributed by atoms with Gasteiger partial charge in [0.05, 0.1) is 7.11 Å². The Hall–Kier alpha value is -1.92. The third-order valence-corrected chi connectivity index (χ3v) is 4.21. The molecule has 1 atom stereocenters. The largest absolute Gasteiger partial charge is 0.467 e. The number of hydrogen-bond donors (Lipinski definition) is 1. The summed E-state index contributed by atoms with van der Waals surface area (Å²) in [6, 6.07) is 10.4. The third kappa shape index (κ3) is 4.09. The van der Waals surface area contributed by atoms with E-state index in [1.54, 1.807) is 13.2 Å². The van der Waals surface area contributed by atoms with Crippen LogP contribution in [0.25, 0.3) is 10.8 Å². The Balaban J connectivity index is 2.29. The summed E-state index contributed by atoms with van der Waals surface area (Å²) >= 11 is 3.48. The van der Waals surface area contributed by atoms with Gasteiger partial charge in [0.2, 0.25) is 0 Å². The fraction of sp³-hybridized carbons (Fsp3) is 0.294. The first-order valence-corrected chi connectivity index (χ1v) is 7.92. The normalized spacial score (nSPS) is 12.0. The maximum absolute atomic E-state index is 12.6. The van der Waals surface area contributed by atoms with E-state index in [-0.39, 0.29) is 5.91 Å². The van der Waals surface area contributed by atoms with E-state index >= 15 is 0 Å². The lowest BCUT2D eigenvalue weighted by atomic mass is 10.0. The van der Waals surface area contributed by atoms with Crippen LogP contribution in [-0.2, 0) is 14.3 Å². The van der Waals surface area contributed by atoms with Crippen LogP contribution < -0.4 is 5.32 Å². The molecule has 0 unspecified atom stereocenters. The fourth-order valence-corrected chi connectivity index (χ4v) is 2.80. The molecule has 0 heterocycles. The molecule has 1 N–H and O–H groups in total. The number of rotatable bonds is 6. The maximum atomic E-state index is 12.6. The minimum Gasteiger partial charge on any atom is -0.467 e. The molecule has 122 valence electrons. The number of methoxy groups -OCH3 is 2. The van der Waals surface area contributed by atoms with Crippen LogP contribution in [0.5, 0.6) is 0 Å². The SMILES string of the molecule is COCC[C@H](NC(=O)c1ccc(Br)c2ccccc12)C(=O)OC. The lowest BCUT2D eigenvalue weighted by molar-refractivity contribution is -0.143. The number of carbonyl (C=O) groups is 2. The number of halogens is 1. The molecular weight excluding hydrogens is 362 g/mol. The van der Waals surface area contributed by atoms with Crippen molar-refractivity contribution in [3.05, 3.63) is 46.4 Å². The van der Waals surface area contributed by atoms with Gasteiger partial charge in [0.25, 0.3) is 5.91 Å². The Morgan fingerprint density at radius 1 is 1.13 bits per heavy atom. The van der Waals surface area contributed by atoms with Crippen LogP contribution in [0.2, 0.25) is 0 Å². The monoisotopic (exact) mass is 379 g/mol. The van der Waals surface area contributed by atoms with E-state index in [4.69, 9.17) is 9.47 Å². The molecule has 0 spiro atoms. The molecule has 0 aromatic heterocycles. The van der Waals surface area contributed by atoms with Gasteiger partial charge in [0, 0.05) is 30.2 Å². The predicted octanol–water partition coefficient (Wildman–Crippen LogP) is 2.91. The van der Waals surface area contributed by atoms with Crippen molar-refractivity contribution in [3.63, 3.8) is 0 Å². The molecule has 6 heteroatoms. The van der Waals surface area contributed by atoms with Gasteiger partial charge in [-0.2, -0.15) is 0 Å². The lowest BCUT2D eigenvalue weighted by Gasteiger charge is -2.17. The number of carbonyl (C=O) groups excluding carboxylic acids is 2. The van der Waals surface area contributed by atoms with Gasteiger partial charge in [-0.25, -0.2) is 4.79 Å². The molecule has 23 heavy (non-hydrogen) atoms. The van der Waals surface area contributed by atoms with Gasteiger partial charge in [-0.15, -0.1) is 0 Å². The van der Waals surface area contributed by atoms with E-state index in [2.05, 4.69) is 21.2 Å². The van der Waals surface area contributed by atoms with Crippen LogP contribution >= 0.6 is 15.9 Å². The highest BCUT2D eigenvalue weighted by atomic mass is 79.9. The van der Waals surface area contributed by atoms with Crippen molar-refractivity contribution >= 4 is 38.6 Å². The summed E-state index contributed by atoms with van der Waals surface area (Å²) < 4.78 is 10.6. The molecule has 2 aromatic rings. The quantitative estimate of drug-likeness (QED) is 0.783. The molecule has 0 saturated heterocycles. The van der Waals surface area contributed by atoms with Gasteiger partial charge in [-0.05, 0) is 22.9 Å². The van der Waals surface area contributed by atoms with Crippen molar-refractivity contribution in [1.29, 1.82) is 0 Å². The first-order chi connectivity index (χ1) is 11.1. The molecular formula is C17H18BrNO4. The van der Waals surface area contributed by atoms with Crippen LogP contribution in [0, 0.1) is 0 Å². The lowest BCUT2D eigenvalue weighted by Crippen LogP contribution is -2.42. The second kappa shape index (κ2) is 8.08. The number of benzene rings is 2. The number of nitrogens with one attached hydrogen (secondary N) is 1. The highest BCUT2D eigenvalue weighted by molar-refractivity contribution is 9.10. The standard InChI is InChI=1S/C17H18BrNO4/c1-22-10-9-15(17(21)23-2)19-16(20)13-7-8-14(18)12-6-4-3-5-11(12)13/h3-8,15H,9-10H2,1-2H3,(H,19,20)/t15-/m0/s1. The summed E-state index contributed by atoms with van der Waals surface area (Å²) in [7, 11) is 2.84. The predicted molar refractivity (Wildman–Crippen MR) is 91.4 cm³/mol. The molecule has 2 rings (SSSR count). The van der Waals surface area contributed by atoms with Crippen LogP contribution in [0.3, 0.4) is 0 Å². The van der Waals surface area contributed by atoms with Crippen LogP contribution in [0.4, 0.5) is 0 Å². The average Bonchev–Trinajstić information content (AvgIpc) is 2.58. The highest BCUT2D eigenvalue weighted by Crippen LogP contribution is 2.26. The number of fused-ring (bicyclic) bond motifs is 1. The Labute approximate surface area is 143 Å². The van der Waals surface area contributed by atoms with E-state index in [1.807, 2.05) is 30.3 Å². The molecule has 0 aliphatic heterocycles. The molecule has 0 aliphatic rings. The van der Waals surface area contributed by atoms with Crippen molar-refractivity contribution in [2.45, 2.75) is 12.5 Å². The van der Waals surface area contributed by atoms with E-state index in [9.17, 15) is 9.59 Å². The molecule has 5 nitrogen and oxygen atoms in total. The smallest absolute Gasteiger partial charge is 0.328 e. The summed E-state index contributed by atoms with van der Waals surface area (Å²) in [6.45, 7) is 0.348. The van der Waals surface area contributed by atoms with Gasteiger partial charge in [-0.1, -0.05) is 40.2 Å². The van der Waals surface area contributed by atoms with Crippen molar-refractivity contribution < 1.29 is 19.1 Å². The molecule has 0 fully saturated rings. The summed E-state index contributed by atoms with van der Waals surface area (Å²) in [5.41, 5.74) is 0.509. The van der Waals surface area contributed by atoms with Crippen molar-refractivity contribution in [2.24, 2.45) is 0 Å². The molecule has 0 radical (unpaired) electrons. The van der Waals surface area contributed by atoms with Crippen LogP contribution in [-0.4, -0.2) is 38.7 Å². The van der Waals surface area contributed by atoms with E-state index < -0.39 is 12.0 Å². The second-order valence-electron chi connectivity index (χ2n) is 4.97. The number of hydrogen-bond acceptors (Lipinski definition) is 4. The first-order valence-electron chi connectivity index (χ1n) is 7.13. The number of esters is 1. The zero-order valence-electron chi connectivity index (χ0n) is 13.0. The maximum Gasteiger partial charge on any atom is 0.328 e. The average molecular weight is 380 g/mol. The van der Waals surface area contributed by atoms with Crippen LogP contribution in [0.1, 0.15) is 16.8 Å². The molecule has 0 aliphatic carbocycles. The third-order valence-electron chi connectivity index (χ3n) is 3.52. The van der Waals surface area contributed by atoms with E-state index in [1.165, 1.54) is 7.11 Å². The van der Waals surface area contributed by atoms with Gasteiger partial charge in [-0.3, -0.25) is 4.79 Å². The minimum atomic E-state index is -0.741.